The summed E-state index contributed by atoms with van der Waals surface area (Å²) in [4.78, 5) is 10.1. The van der Waals surface area contributed by atoms with E-state index in [9.17, 15) is 4.79 Å². The molecule has 5 heteroatoms. The third kappa shape index (κ3) is 8.71. The van der Waals surface area contributed by atoms with Crippen molar-refractivity contribution in [3.8, 4) is 5.75 Å². The van der Waals surface area contributed by atoms with E-state index < -0.39 is 5.97 Å². The standard InChI is InChI=1S/C8H7BrO3.C7H7.Li/c9-6-1-3-7(4-2-6)12-5-8(10)11;1-7-5-3-2-4-6-7;/h1-4H,5H2,(H,10,11);2-6H,1H2;/q;-1;+1. The Labute approximate surface area is 139 Å². The first-order valence-electron chi connectivity index (χ1n) is 5.55. The van der Waals surface area contributed by atoms with Crippen molar-refractivity contribution in [1.29, 1.82) is 0 Å². The molecule has 20 heavy (non-hydrogen) atoms. The maximum absolute atomic E-state index is 10.1. The third-order valence-corrected chi connectivity index (χ3v) is 2.55. The van der Waals surface area contributed by atoms with Gasteiger partial charge >= 0.3 is 24.8 Å². The molecule has 0 unspecified atom stereocenters. The summed E-state index contributed by atoms with van der Waals surface area (Å²) in [5.41, 5.74) is 1.07. The minimum atomic E-state index is -0.974. The fourth-order valence-electron chi connectivity index (χ4n) is 1.15. The van der Waals surface area contributed by atoms with E-state index in [1.807, 2.05) is 30.3 Å². The first kappa shape index (κ1) is 18.7. The molecular weight excluding hydrogens is 315 g/mol. The van der Waals surface area contributed by atoms with Gasteiger partial charge in [0, 0.05) is 4.47 Å². The summed E-state index contributed by atoms with van der Waals surface area (Å²) in [6.07, 6.45) is 0. The second-order valence-electron chi connectivity index (χ2n) is 3.62. The number of hydrogen-bond donors (Lipinski definition) is 1. The molecule has 3 nitrogen and oxygen atoms in total. The SMILES string of the molecule is O=C(O)COc1ccc(Br)cc1.[CH2-]c1ccccc1.[Li+]. The molecule has 0 atom stereocenters. The van der Waals surface area contributed by atoms with Crippen LogP contribution in [0.4, 0.5) is 0 Å². The van der Waals surface area contributed by atoms with Gasteiger partial charge in [0.25, 0.3) is 0 Å². The summed E-state index contributed by atoms with van der Waals surface area (Å²) < 4.78 is 5.84. The number of benzene rings is 2. The zero-order valence-electron chi connectivity index (χ0n) is 11.3. The maximum atomic E-state index is 10.1. The van der Waals surface area contributed by atoms with E-state index >= 15 is 0 Å². The molecule has 0 spiro atoms. The Hall–Kier alpha value is -1.34. The van der Waals surface area contributed by atoms with Crippen molar-refractivity contribution in [1.82, 2.24) is 0 Å². The molecule has 2 aromatic rings. The van der Waals surface area contributed by atoms with Crippen molar-refractivity contribution in [3.05, 3.63) is 71.6 Å². The van der Waals surface area contributed by atoms with E-state index in [2.05, 4.69) is 22.9 Å². The number of carbonyl (C=O) groups is 1. The Balaban J connectivity index is 0.000000387. The van der Waals surface area contributed by atoms with Gasteiger partial charge in [-0.1, -0.05) is 22.0 Å². The topological polar surface area (TPSA) is 46.5 Å². The van der Waals surface area contributed by atoms with Crippen LogP contribution in [0.2, 0.25) is 0 Å². The summed E-state index contributed by atoms with van der Waals surface area (Å²) in [5, 5.41) is 8.30. The number of aliphatic carboxylic acids is 1. The van der Waals surface area contributed by atoms with Crippen LogP contribution in [-0.4, -0.2) is 17.7 Å². The second-order valence-corrected chi connectivity index (χ2v) is 4.54. The van der Waals surface area contributed by atoms with E-state index in [4.69, 9.17) is 9.84 Å². The van der Waals surface area contributed by atoms with Crippen molar-refractivity contribution >= 4 is 21.9 Å². The zero-order chi connectivity index (χ0) is 14.1. The molecule has 0 heterocycles. The fourth-order valence-corrected chi connectivity index (χ4v) is 1.42. The molecule has 2 aromatic carbocycles. The summed E-state index contributed by atoms with van der Waals surface area (Å²) in [6.45, 7) is 3.42. The molecule has 0 aromatic heterocycles. The van der Waals surface area contributed by atoms with Crippen LogP contribution in [0, 0.1) is 6.92 Å². The number of halogens is 1. The van der Waals surface area contributed by atoms with Crippen molar-refractivity contribution in [3.63, 3.8) is 0 Å². The van der Waals surface area contributed by atoms with Crippen molar-refractivity contribution in [2.24, 2.45) is 0 Å². The van der Waals surface area contributed by atoms with Crippen LogP contribution in [0.5, 0.6) is 5.75 Å². The van der Waals surface area contributed by atoms with Crippen molar-refractivity contribution in [2.75, 3.05) is 6.61 Å². The molecule has 0 bridgehead atoms. The first-order valence-corrected chi connectivity index (χ1v) is 6.34. The van der Waals surface area contributed by atoms with Crippen molar-refractivity contribution in [2.45, 2.75) is 0 Å². The first-order chi connectivity index (χ1) is 9.08. The molecule has 0 saturated heterocycles. The fraction of sp³-hybridized carbons (Fsp3) is 0.0667. The second kappa shape index (κ2) is 10.4. The number of carboxylic acids is 1. The smallest absolute Gasteiger partial charge is 0.482 e. The molecule has 2 rings (SSSR count). The molecular formula is C15H14BrLiO3. The molecule has 0 fully saturated rings. The molecule has 0 radical (unpaired) electrons. The largest absolute Gasteiger partial charge is 1.00 e. The summed E-state index contributed by atoms with van der Waals surface area (Å²) >= 11 is 3.25. The van der Waals surface area contributed by atoms with E-state index in [-0.39, 0.29) is 25.5 Å². The molecule has 0 aliphatic carbocycles. The summed E-state index contributed by atoms with van der Waals surface area (Å²) in [7, 11) is 0. The van der Waals surface area contributed by atoms with Gasteiger partial charge in [-0.25, -0.2) is 4.79 Å². The quantitative estimate of drug-likeness (QED) is 0.669. The number of ether oxygens (including phenoxy) is 1. The number of carboxylic acid groups (broad SMARTS) is 1. The van der Waals surface area contributed by atoms with E-state index in [0.717, 1.165) is 10.0 Å². The van der Waals surface area contributed by atoms with Gasteiger partial charge in [-0.15, -0.1) is 12.1 Å². The van der Waals surface area contributed by atoms with Crippen LogP contribution in [0.25, 0.3) is 0 Å². The van der Waals surface area contributed by atoms with E-state index in [0.29, 0.717) is 5.75 Å². The van der Waals surface area contributed by atoms with Gasteiger partial charge in [-0.3, -0.25) is 0 Å². The molecule has 0 amide bonds. The van der Waals surface area contributed by atoms with Crippen LogP contribution in [0.3, 0.4) is 0 Å². The van der Waals surface area contributed by atoms with Gasteiger partial charge in [-0.2, -0.15) is 24.6 Å². The molecule has 100 valence electrons. The molecule has 0 aliphatic rings. The van der Waals surface area contributed by atoms with Gasteiger partial charge in [0.1, 0.15) is 5.75 Å². The zero-order valence-corrected chi connectivity index (χ0v) is 12.8. The molecule has 1 N–H and O–H groups in total. The van der Waals surface area contributed by atoms with Gasteiger partial charge in [0.05, 0.1) is 0 Å². The number of rotatable bonds is 3. The Kier molecular flexibility index (Phi) is 9.74. The van der Waals surface area contributed by atoms with Crippen LogP contribution in [0.1, 0.15) is 5.56 Å². The third-order valence-electron chi connectivity index (χ3n) is 2.02. The van der Waals surface area contributed by atoms with Gasteiger partial charge in [0.15, 0.2) is 6.61 Å². The predicted octanol–water partition coefficient (Wildman–Crippen LogP) is 0.785. The average Bonchev–Trinajstić information content (AvgIpc) is 2.40. The van der Waals surface area contributed by atoms with Crippen molar-refractivity contribution < 1.29 is 33.5 Å². The Morgan fingerprint density at radius 1 is 1.10 bits per heavy atom. The average molecular weight is 329 g/mol. The van der Waals surface area contributed by atoms with Crippen LogP contribution in [0.15, 0.2) is 59.1 Å². The summed E-state index contributed by atoms with van der Waals surface area (Å²) in [6, 6.07) is 16.9. The van der Waals surface area contributed by atoms with Gasteiger partial charge in [-0.05, 0) is 24.3 Å². The van der Waals surface area contributed by atoms with Gasteiger partial charge < -0.3 is 9.84 Å². The minimum Gasteiger partial charge on any atom is -0.482 e. The Bertz CT molecular complexity index is 500. The van der Waals surface area contributed by atoms with Crippen LogP contribution >= 0.6 is 15.9 Å². The summed E-state index contributed by atoms with van der Waals surface area (Å²) in [5.74, 6) is -0.418. The normalized spacial score (nSPS) is 8.65. The molecule has 0 saturated carbocycles. The van der Waals surface area contributed by atoms with E-state index in [1.54, 1.807) is 24.3 Å². The van der Waals surface area contributed by atoms with Gasteiger partial charge in [0.2, 0.25) is 0 Å². The van der Waals surface area contributed by atoms with Crippen LogP contribution in [-0.2, 0) is 4.79 Å². The monoisotopic (exact) mass is 328 g/mol. The number of hydrogen-bond acceptors (Lipinski definition) is 2. The predicted molar refractivity (Wildman–Crippen MR) is 78.2 cm³/mol. The van der Waals surface area contributed by atoms with Crippen LogP contribution < -0.4 is 23.6 Å². The molecule has 0 aliphatic heterocycles. The van der Waals surface area contributed by atoms with E-state index in [1.165, 1.54) is 0 Å². The minimum absolute atomic E-state index is 0. The maximum Gasteiger partial charge on any atom is 1.00 e. The Morgan fingerprint density at radius 3 is 2.05 bits per heavy atom. The Morgan fingerprint density at radius 2 is 1.65 bits per heavy atom.